The molecule has 0 saturated carbocycles. The van der Waals surface area contributed by atoms with Gasteiger partial charge in [0, 0.05) is 30.4 Å². The number of non-ortho nitro benzene ring substituents is 1. The molecule has 0 aliphatic carbocycles. The van der Waals surface area contributed by atoms with Gasteiger partial charge in [-0.05, 0) is 49.8 Å². The van der Waals surface area contributed by atoms with Gasteiger partial charge in [0.2, 0.25) is 0 Å². The van der Waals surface area contributed by atoms with Gasteiger partial charge in [-0.15, -0.1) is 0 Å². The van der Waals surface area contributed by atoms with E-state index < -0.39 is 4.92 Å². The molecule has 1 N–H and O–H groups in total. The van der Waals surface area contributed by atoms with Crippen molar-refractivity contribution in [1.82, 2.24) is 0 Å². The van der Waals surface area contributed by atoms with Gasteiger partial charge in [0.25, 0.3) is 5.69 Å². The number of hydrogen-bond donors (Lipinski definition) is 1. The summed E-state index contributed by atoms with van der Waals surface area (Å²) < 4.78 is 5.86. The highest BCUT2D eigenvalue weighted by molar-refractivity contribution is 5.76. The Bertz CT molecular complexity index is 834. The molecule has 6 heteroatoms. The van der Waals surface area contributed by atoms with Crippen molar-refractivity contribution in [2.45, 2.75) is 13.8 Å². The summed E-state index contributed by atoms with van der Waals surface area (Å²) in [5.41, 5.74) is 3.02. The molecule has 0 saturated heterocycles. The summed E-state index contributed by atoms with van der Waals surface area (Å²) in [5, 5.41) is 23.0. The number of nitrogens with zero attached hydrogens (tertiary/aromatic N) is 2. The molecule has 2 rings (SSSR count). The minimum atomic E-state index is -0.460. The third kappa shape index (κ3) is 3.52. The number of rotatable bonds is 5. The molecule has 122 valence electrons. The van der Waals surface area contributed by atoms with Crippen molar-refractivity contribution in [3.63, 3.8) is 0 Å². The van der Waals surface area contributed by atoms with Crippen LogP contribution in [-0.4, -0.2) is 12.0 Å². The third-order valence-electron chi connectivity index (χ3n) is 3.56. The molecule has 2 aromatic rings. The van der Waals surface area contributed by atoms with Crippen molar-refractivity contribution < 1.29 is 9.66 Å². The zero-order valence-corrected chi connectivity index (χ0v) is 13.7. The van der Waals surface area contributed by atoms with Crippen LogP contribution in [0.3, 0.4) is 0 Å². The quantitative estimate of drug-likeness (QED) is 0.504. The van der Waals surface area contributed by atoms with Gasteiger partial charge in [-0.3, -0.25) is 10.1 Å². The van der Waals surface area contributed by atoms with Crippen molar-refractivity contribution in [3.8, 4) is 11.8 Å². The number of nitro benzene ring substituents is 1. The number of anilines is 1. The molecule has 0 spiro atoms. The Balaban J connectivity index is 2.39. The van der Waals surface area contributed by atoms with Gasteiger partial charge >= 0.3 is 0 Å². The van der Waals surface area contributed by atoms with Crippen molar-refractivity contribution in [2.24, 2.45) is 0 Å². The second-order valence-corrected chi connectivity index (χ2v) is 5.08. The summed E-state index contributed by atoms with van der Waals surface area (Å²) in [6, 6.07) is 11.7. The van der Waals surface area contributed by atoms with Crippen molar-refractivity contribution in [1.29, 1.82) is 5.26 Å². The van der Waals surface area contributed by atoms with Crippen LogP contribution < -0.4 is 10.1 Å². The minimum absolute atomic E-state index is 0.00222. The Morgan fingerprint density at radius 3 is 2.50 bits per heavy atom. The minimum Gasteiger partial charge on any atom is -0.457 e. The zero-order valence-electron chi connectivity index (χ0n) is 13.7. The molecule has 0 bridgehead atoms. The smallest absolute Gasteiger partial charge is 0.269 e. The van der Waals surface area contributed by atoms with Crippen molar-refractivity contribution >= 4 is 17.1 Å². The molecule has 24 heavy (non-hydrogen) atoms. The van der Waals surface area contributed by atoms with Gasteiger partial charge in [0.05, 0.1) is 16.6 Å². The molecular weight excluding hydrogens is 306 g/mol. The number of nitro groups is 1. The lowest BCUT2D eigenvalue weighted by atomic mass is 10.0. The van der Waals surface area contributed by atoms with Gasteiger partial charge in [-0.2, -0.15) is 5.26 Å². The number of ether oxygens (including phenoxy) is 1. The summed E-state index contributed by atoms with van der Waals surface area (Å²) in [4.78, 5) is 10.3. The fourth-order valence-electron chi connectivity index (χ4n) is 2.27. The zero-order chi connectivity index (χ0) is 17.7. The normalized spacial score (nSPS) is 10.8. The molecule has 2 aromatic carbocycles. The Kier molecular flexibility index (Phi) is 5.17. The molecule has 0 aromatic heterocycles. The van der Waals surface area contributed by atoms with E-state index in [1.54, 1.807) is 31.3 Å². The molecule has 0 aliphatic heterocycles. The van der Waals surface area contributed by atoms with Crippen LogP contribution in [0.2, 0.25) is 0 Å². The molecule has 0 unspecified atom stereocenters. The lowest BCUT2D eigenvalue weighted by molar-refractivity contribution is -0.384. The fraction of sp³-hybridized carbons (Fsp3) is 0.167. The molecule has 0 radical (unpaired) electrons. The SMILES string of the molecule is C/C=C(/Oc1ccc([N+](=O)[O-])cc1)c1cc(C#N)c(C)cc1NC. The highest BCUT2D eigenvalue weighted by atomic mass is 16.6. The second kappa shape index (κ2) is 7.29. The summed E-state index contributed by atoms with van der Waals surface area (Å²) >= 11 is 0. The van der Waals surface area contributed by atoms with E-state index >= 15 is 0 Å². The van der Waals surface area contributed by atoms with Crippen LogP contribution in [0.4, 0.5) is 11.4 Å². The standard InChI is InChI=1S/C18H17N3O3/c1-4-18(24-15-7-5-14(6-8-15)21(22)23)16-10-13(11-19)12(2)9-17(16)20-3/h4-10,20H,1-3H3/b18-4+. The molecule has 6 nitrogen and oxygen atoms in total. The van der Waals surface area contributed by atoms with E-state index in [-0.39, 0.29) is 5.69 Å². The predicted octanol–water partition coefficient (Wildman–Crippen LogP) is 4.26. The molecule has 0 fully saturated rings. The van der Waals surface area contributed by atoms with Crippen LogP contribution in [0.15, 0.2) is 42.5 Å². The van der Waals surface area contributed by atoms with Crippen molar-refractivity contribution in [3.05, 3.63) is 69.3 Å². The average molecular weight is 323 g/mol. The Labute approximate surface area is 140 Å². The number of nitriles is 1. The topological polar surface area (TPSA) is 88.2 Å². The first-order chi connectivity index (χ1) is 11.5. The number of benzene rings is 2. The molecular formula is C18H17N3O3. The van der Waals surface area contributed by atoms with Crippen LogP contribution in [0, 0.1) is 28.4 Å². The largest absolute Gasteiger partial charge is 0.457 e. The Morgan fingerprint density at radius 2 is 2.00 bits per heavy atom. The van der Waals surface area contributed by atoms with Gasteiger partial charge in [0.1, 0.15) is 11.5 Å². The van der Waals surface area contributed by atoms with E-state index in [1.165, 1.54) is 12.1 Å². The van der Waals surface area contributed by atoms with E-state index in [0.717, 1.165) is 16.8 Å². The predicted molar refractivity (Wildman–Crippen MR) is 92.8 cm³/mol. The van der Waals surface area contributed by atoms with Crippen molar-refractivity contribution in [2.75, 3.05) is 12.4 Å². The molecule has 0 heterocycles. The summed E-state index contributed by atoms with van der Waals surface area (Å²) in [7, 11) is 1.80. The number of hydrogen-bond acceptors (Lipinski definition) is 5. The average Bonchev–Trinajstić information content (AvgIpc) is 2.59. The number of nitrogens with one attached hydrogen (secondary N) is 1. The Hall–Kier alpha value is -3.33. The van der Waals surface area contributed by atoms with Crippen LogP contribution in [0.5, 0.6) is 5.75 Å². The van der Waals surface area contributed by atoms with Gasteiger partial charge in [-0.25, -0.2) is 0 Å². The second-order valence-electron chi connectivity index (χ2n) is 5.08. The van der Waals surface area contributed by atoms with Gasteiger partial charge < -0.3 is 10.1 Å². The highest BCUT2D eigenvalue weighted by Crippen LogP contribution is 2.30. The van der Waals surface area contributed by atoms with Crippen LogP contribution in [-0.2, 0) is 0 Å². The van der Waals surface area contributed by atoms with Gasteiger partial charge in [0.15, 0.2) is 0 Å². The van der Waals surface area contributed by atoms with Crippen LogP contribution >= 0.6 is 0 Å². The highest BCUT2D eigenvalue weighted by Gasteiger charge is 2.13. The monoisotopic (exact) mass is 323 g/mol. The molecule has 0 amide bonds. The van der Waals surface area contributed by atoms with E-state index in [4.69, 9.17) is 4.74 Å². The molecule has 0 atom stereocenters. The third-order valence-corrected chi connectivity index (χ3v) is 3.56. The summed E-state index contributed by atoms with van der Waals surface area (Å²) in [5.74, 6) is 1.04. The maximum absolute atomic E-state index is 10.7. The van der Waals surface area contributed by atoms with E-state index in [9.17, 15) is 15.4 Å². The lowest BCUT2D eigenvalue weighted by Gasteiger charge is -2.15. The first-order valence-electron chi connectivity index (χ1n) is 7.31. The fourth-order valence-corrected chi connectivity index (χ4v) is 2.27. The summed E-state index contributed by atoms with van der Waals surface area (Å²) in [6.07, 6.45) is 1.79. The number of aryl methyl sites for hydroxylation is 1. The maximum Gasteiger partial charge on any atom is 0.269 e. The number of allylic oxidation sites excluding steroid dienone is 1. The summed E-state index contributed by atoms with van der Waals surface area (Å²) in [6.45, 7) is 3.70. The Morgan fingerprint density at radius 1 is 1.33 bits per heavy atom. The lowest BCUT2D eigenvalue weighted by Crippen LogP contribution is -2.02. The van der Waals surface area contributed by atoms with E-state index in [2.05, 4.69) is 11.4 Å². The van der Waals surface area contributed by atoms with Crippen LogP contribution in [0.1, 0.15) is 23.6 Å². The van der Waals surface area contributed by atoms with E-state index in [1.807, 2.05) is 19.9 Å². The van der Waals surface area contributed by atoms with Crippen LogP contribution in [0.25, 0.3) is 5.76 Å². The first-order valence-corrected chi connectivity index (χ1v) is 7.31. The van der Waals surface area contributed by atoms with Gasteiger partial charge in [-0.1, -0.05) is 0 Å². The molecule has 0 aliphatic rings. The first kappa shape index (κ1) is 17.0. The van der Waals surface area contributed by atoms with E-state index in [0.29, 0.717) is 17.1 Å². The maximum atomic E-state index is 10.7.